The third-order valence-electron chi connectivity index (χ3n) is 2.90. The minimum atomic E-state index is -4.42. The van der Waals surface area contributed by atoms with Gasteiger partial charge in [-0.25, -0.2) is 0 Å². The molecule has 0 aromatic heterocycles. The summed E-state index contributed by atoms with van der Waals surface area (Å²) in [6.45, 7) is 0. The van der Waals surface area contributed by atoms with Gasteiger partial charge in [0.15, 0.2) is 0 Å². The van der Waals surface area contributed by atoms with Gasteiger partial charge in [-0.1, -0.05) is 56.1 Å². The zero-order valence-electron chi connectivity index (χ0n) is 10.1. The summed E-state index contributed by atoms with van der Waals surface area (Å²) in [5.74, 6) is 0. The molecule has 2 N–H and O–H groups in total. The molecule has 0 bridgehead atoms. The smallest absolute Gasteiger partial charge is 0.320 e. The van der Waals surface area contributed by atoms with Gasteiger partial charge in [-0.05, 0) is 29.3 Å². The number of halogens is 5. The summed E-state index contributed by atoms with van der Waals surface area (Å²) < 4.78 is 40.5. The standard InChI is InChI=1S/C14H10Br2F3N/c15-8-5-6-10(12(16)7-8)13(20)9-3-1-2-4-11(9)14(17,18)19/h1-7,13H,20H2. The summed E-state index contributed by atoms with van der Waals surface area (Å²) in [6, 6.07) is 9.71. The van der Waals surface area contributed by atoms with Crippen LogP contribution in [0.1, 0.15) is 22.7 Å². The predicted molar refractivity (Wildman–Crippen MR) is 79.3 cm³/mol. The average Bonchev–Trinajstić information content (AvgIpc) is 2.37. The largest absolute Gasteiger partial charge is 0.416 e. The van der Waals surface area contributed by atoms with Crippen molar-refractivity contribution in [3.8, 4) is 0 Å². The molecule has 0 saturated carbocycles. The van der Waals surface area contributed by atoms with Crippen LogP contribution in [0.4, 0.5) is 13.2 Å². The highest BCUT2D eigenvalue weighted by molar-refractivity contribution is 9.11. The molecular weight excluding hydrogens is 399 g/mol. The maximum Gasteiger partial charge on any atom is 0.416 e. The summed E-state index contributed by atoms with van der Waals surface area (Å²) in [7, 11) is 0. The lowest BCUT2D eigenvalue weighted by Gasteiger charge is -2.19. The van der Waals surface area contributed by atoms with Crippen LogP contribution >= 0.6 is 31.9 Å². The van der Waals surface area contributed by atoms with E-state index < -0.39 is 17.8 Å². The highest BCUT2D eigenvalue weighted by Crippen LogP contribution is 2.37. The zero-order chi connectivity index (χ0) is 14.9. The lowest BCUT2D eigenvalue weighted by atomic mass is 9.95. The Morgan fingerprint density at radius 2 is 1.60 bits per heavy atom. The first-order chi connectivity index (χ1) is 9.30. The second-order valence-corrected chi connectivity index (χ2v) is 6.00. The van der Waals surface area contributed by atoms with Crippen LogP contribution in [0, 0.1) is 0 Å². The molecule has 0 heterocycles. The van der Waals surface area contributed by atoms with Crippen molar-refractivity contribution in [1.29, 1.82) is 0 Å². The lowest BCUT2D eigenvalue weighted by Crippen LogP contribution is -2.18. The van der Waals surface area contributed by atoms with Gasteiger partial charge in [-0.15, -0.1) is 0 Å². The Labute approximate surface area is 131 Å². The molecule has 0 spiro atoms. The highest BCUT2D eigenvalue weighted by Gasteiger charge is 2.34. The summed E-state index contributed by atoms with van der Waals surface area (Å²) in [4.78, 5) is 0. The van der Waals surface area contributed by atoms with Crippen molar-refractivity contribution >= 4 is 31.9 Å². The van der Waals surface area contributed by atoms with Gasteiger partial charge < -0.3 is 5.73 Å². The Kier molecular flexibility index (Phi) is 4.56. The van der Waals surface area contributed by atoms with Gasteiger partial charge in [0, 0.05) is 8.95 Å². The SMILES string of the molecule is NC(c1ccc(Br)cc1Br)c1ccccc1C(F)(F)F. The molecule has 1 nitrogen and oxygen atoms in total. The van der Waals surface area contributed by atoms with E-state index in [9.17, 15) is 13.2 Å². The van der Waals surface area contributed by atoms with Crippen molar-refractivity contribution in [2.75, 3.05) is 0 Å². The van der Waals surface area contributed by atoms with Crippen LogP contribution in [0.3, 0.4) is 0 Å². The van der Waals surface area contributed by atoms with Crippen LogP contribution in [0.5, 0.6) is 0 Å². The van der Waals surface area contributed by atoms with Crippen LogP contribution < -0.4 is 5.73 Å². The minimum Gasteiger partial charge on any atom is -0.320 e. The Hall–Kier alpha value is -0.850. The highest BCUT2D eigenvalue weighted by atomic mass is 79.9. The quantitative estimate of drug-likeness (QED) is 0.718. The Balaban J connectivity index is 2.51. The van der Waals surface area contributed by atoms with Crippen molar-refractivity contribution in [2.24, 2.45) is 5.73 Å². The first kappa shape index (κ1) is 15.5. The van der Waals surface area contributed by atoms with E-state index >= 15 is 0 Å². The molecule has 2 aromatic rings. The first-order valence-corrected chi connectivity index (χ1v) is 7.26. The second kappa shape index (κ2) is 5.87. The summed E-state index contributed by atoms with van der Waals surface area (Å²) in [5, 5.41) is 0. The van der Waals surface area contributed by atoms with Gasteiger partial charge >= 0.3 is 6.18 Å². The van der Waals surface area contributed by atoms with E-state index in [1.165, 1.54) is 12.1 Å². The third kappa shape index (κ3) is 3.24. The molecule has 0 aliphatic rings. The van der Waals surface area contributed by atoms with E-state index in [0.29, 0.717) is 10.0 Å². The molecular formula is C14H10Br2F3N. The Bertz CT molecular complexity index is 626. The molecule has 0 aliphatic carbocycles. The number of nitrogens with two attached hydrogens (primary N) is 1. The van der Waals surface area contributed by atoms with E-state index in [4.69, 9.17) is 5.73 Å². The monoisotopic (exact) mass is 407 g/mol. The van der Waals surface area contributed by atoms with E-state index in [1.807, 2.05) is 0 Å². The molecule has 0 aliphatic heterocycles. The molecule has 0 saturated heterocycles. The van der Waals surface area contributed by atoms with Crippen molar-refractivity contribution in [1.82, 2.24) is 0 Å². The van der Waals surface area contributed by atoms with E-state index in [-0.39, 0.29) is 5.56 Å². The fourth-order valence-electron chi connectivity index (χ4n) is 1.95. The van der Waals surface area contributed by atoms with E-state index in [2.05, 4.69) is 31.9 Å². The van der Waals surface area contributed by atoms with Crippen LogP contribution in [0.15, 0.2) is 51.4 Å². The molecule has 20 heavy (non-hydrogen) atoms. The van der Waals surface area contributed by atoms with Crippen molar-refractivity contribution < 1.29 is 13.2 Å². The first-order valence-electron chi connectivity index (χ1n) is 5.67. The van der Waals surface area contributed by atoms with Crippen LogP contribution in [-0.2, 0) is 6.18 Å². The molecule has 2 aromatic carbocycles. The van der Waals surface area contributed by atoms with Gasteiger partial charge in [0.1, 0.15) is 0 Å². The topological polar surface area (TPSA) is 26.0 Å². The number of hydrogen-bond acceptors (Lipinski definition) is 1. The number of hydrogen-bond donors (Lipinski definition) is 1. The molecule has 1 unspecified atom stereocenters. The van der Waals surface area contributed by atoms with E-state index in [1.54, 1.807) is 24.3 Å². The number of alkyl halides is 3. The molecule has 0 amide bonds. The molecule has 2 rings (SSSR count). The lowest BCUT2D eigenvalue weighted by molar-refractivity contribution is -0.138. The molecule has 1 atom stereocenters. The zero-order valence-corrected chi connectivity index (χ0v) is 13.3. The fourth-order valence-corrected chi connectivity index (χ4v) is 3.24. The van der Waals surface area contributed by atoms with E-state index in [0.717, 1.165) is 10.5 Å². The summed E-state index contributed by atoms with van der Waals surface area (Å²) >= 11 is 6.63. The van der Waals surface area contributed by atoms with Crippen LogP contribution in [0.25, 0.3) is 0 Å². The normalized spacial score (nSPS) is 13.3. The second-order valence-electron chi connectivity index (χ2n) is 4.23. The predicted octanol–water partition coefficient (Wildman–Crippen LogP) is 5.28. The summed E-state index contributed by atoms with van der Waals surface area (Å²) in [6.07, 6.45) is -4.42. The maximum absolute atomic E-state index is 13.0. The summed E-state index contributed by atoms with van der Waals surface area (Å²) in [5.41, 5.74) is 5.97. The van der Waals surface area contributed by atoms with Crippen LogP contribution in [-0.4, -0.2) is 0 Å². The third-order valence-corrected chi connectivity index (χ3v) is 4.08. The minimum absolute atomic E-state index is 0.0584. The molecule has 0 fully saturated rings. The van der Waals surface area contributed by atoms with Crippen molar-refractivity contribution in [2.45, 2.75) is 12.2 Å². The van der Waals surface area contributed by atoms with Gasteiger partial charge in [-0.2, -0.15) is 13.2 Å². The van der Waals surface area contributed by atoms with Gasteiger partial charge in [0.2, 0.25) is 0 Å². The fraction of sp³-hybridized carbons (Fsp3) is 0.143. The Morgan fingerprint density at radius 3 is 2.20 bits per heavy atom. The molecule has 6 heteroatoms. The van der Waals surface area contributed by atoms with Crippen LogP contribution in [0.2, 0.25) is 0 Å². The Morgan fingerprint density at radius 1 is 0.950 bits per heavy atom. The number of benzene rings is 2. The van der Waals surface area contributed by atoms with Gasteiger partial charge in [0.05, 0.1) is 11.6 Å². The van der Waals surface area contributed by atoms with Crippen molar-refractivity contribution in [3.05, 3.63) is 68.1 Å². The van der Waals surface area contributed by atoms with Gasteiger partial charge in [-0.3, -0.25) is 0 Å². The molecule has 0 radical (unpaired) electrons. The average molecular weight is 409 g/mol. The maximum atomic E-state index is 13.0. The molecule has 106 valence electrons. The van der Waals surface area contributed by atoms with Gasteiger partial charge in [0.25, 0.3) is 0 Å². The number of rotatable bonds is 2. The van der Waals surface area contributed by atoms with Crippen molar-refractivity contribution in [3.63, 3.8) is 0 Å².